The third-order valence-electron chi connectivity index (χ3n) is 3.77. The van der Waals surface area contributed by atoms with Crippen molar-refractivity contribution in [2.75, 3.05) is 13.2 Å². The minimum atomic E-state index is -0.00514. The number of carbonyl (C=O) groups is 1. The van der Waals surface area contributed by atoms with Crippen molar-refractivity contribution in [2.24, 2.45) is 5.10 Å². The molecule has 3 rings (SSSR count). The van der Waals surface area contributed by atoms with Crippen molar-refractivity contribution in [3.8, 4) is 0 Å². The fraction of sp³-hybridized carbons (Fsp3) is 0.375. The van der Waals surface area contributed by atoms with Crippen LogP contribution in [0.1, 0.15) is 36.0 Å². The number of hydrazone groups is 1. The number of hydrogen-bond acceptors (Lipinski definition) is 3. The molecule has 0 radical (unpaired) electrons. The van der Waals surface area contributed by atoms with Gasteiger partial charge in [0.15, 0.2) is 0 Å². The summed E-state index contributed by atoms with van der Waals surface area (Å²) in [5.74, 6) is -0.00514. The number of ether oxygens (including phenoxy) is 1. The summed E-state index contributed by atoms with van der Waals surface area (Å²) in [5.41, 5.74) is 8.50. The lowest BCUT2D eigenvalue weighted by atomic mass is 9.93. The van der Waals surface area contributed by atoms with Gasteiger partial charge in [0.05, 0.1) is 18.9 Å². The van der Waals surface area contributed by atoms with E-state index in [0.717, 1.165) is 24.3 Å². The van der Waals surface area contributed by atoms with E-state index in [1.807, 2.05) is 0 Å². The molecule has 0 fully saturated rings. The molecule has 1 amide bonds. The van der Waals surface area contributed by atoms with Crippen LogP contribution in [0.2, 0.25) is 0 Å². The first-order chi connectivity index (χ1) is 9.74. The fourth-order valence-electron chi connectivity index (χ4n) is 2.66. The van der Waals surface area contributed by atoms with Crippen LogP contribution in [0.15, 0.2) is 29.4 Å². The molecule has 1 N–H and O–H groups in total. The highest BCUT2D eigenvalue weighted by Crippen LogP contribution is 2.25. The summed E-state index contributed by atoms with van der Waals surface area (Å²) in [6, 6.07) is 6.40. The first-order valence-electron chi connectivity index (χ1n) is 6.97. The summed E-state index contributed by atoms with van der Waals surface area (Å²) in [4.78, 5) is 11.1. The smallest absolute Gasteiger partial charge is 0.240 e. The SMILES string of the molecule is Cc1cc(C2=NNC(=O)CC2)ccc1C1=CCOCC1. The predicted octanol–water partition coefficient (Wildman–Crippen LogP) is 2.41. The lowest BCUT2D eigenvalue weighted by molar-refractivity contribution is -0.121. The van der Waals surface area contributed by atoms with Gasteiger partial charge in [-0.1, -0.05) is 18.2 Å². The molecular formula is C16H18N2O2. The maximum atomic E-state index is 11.1. The van der Waals surface area contributed by atoms with Gasteiger partial charge in [-0.25, -0.2) is 5.43 Å². The number of amides is 1. The maximum Gasteiger partial charge on any atom is 0.240 e. The number of rotatable bonds is 2. The van der Waals surface area contributed by atoms with Gasteiger partial charge in [0.2, 0.25) is 5.91 Å². The van der Waals surface area contributed by atoms with Crippen LogP contribution in [0.5, 0.6) is 0 Å². The molecule has 0 atom stereocenters. The van der Waals surface area contributed by atoms with Crippen LogP contribution in [0.3, 0.4) is 0 Å². The predicted molar refractivity (Wildman–Crippen MR) is 78.5 cm³/mol. The van der Waals surface area contributed by atoms with E-state index in [1.54, 1.807) is 0 Å². The van der Waals surface area contributed by atoms with Crippen LogP contribution in [0.25, 0.3) is 5.57 Å². The molecule has 0 unspecified atom stereocenters. The largest absolute Gasteiger partial charge is 0.377 e. The highest BCUT2D eigenvalue weighted by molar-refractivity contribution is 6.04. The van der Waals surface area contributed by atoms with Gasteiger partial charge in [0, 0.05) is 12.8 Å². The molecule has 4 heteroatoms. The summed E-state index contributed by atoms with van der Waals surface area (Å²) in [6.45, 7) is 3.62. The van der Waals surface area contributed by atoms with Crippen molar-refractivity contribution in [2.45, 2.75) is 26.2 Å². The second-order valence-electron chi connectivity index (χ2n) is 5.18. The Balaban J connectivity index is 1.87. The lowest BCUT2D eigenvalue weighted by Crippen LogP contribution is -2.25. The molecule has 4 nitrogen and oxygen atoms in total. The summed E-state index contributed by atoms with van der Waals surface area (Å²) < 4.78 is 5.35. The van der Waals surface area contributed by atoms with E-state index in [0.29, 0.717) is 19.4 Å². The van der Waals surface area contributed by atoms with Crippen molar-refractivity contribution >= 4 is 17.2 Å². The normalized spacial score (nSPS) is 19.1. The van der Waals surface area contributed by atoms with Gasteiger partial charge in [-0.3, -0.25) is 4.79 Å². The van der Waals surface area contributed by atoms with Crippen molar-refractivity contribution in [1.29, 1.82) is 0 Å². The first-order valence-corrected chi connectivity index (χ1v) is 6.97. The van der Waals surface area contributed by atoms with E-state index < -0.39 is 0 Å². The summed E-state index contributed by atoms with van der Waals surface area (Å²) >= 11 is 0. The zero-order chi connectivity index (χ0) is 13.9. The van der Waals surface area contributed by atoms with Crippen molar-refractivity contribution < 1.29 is 9.53 Å². The number of benzene rings is 1. The Kier molecular flexibility index (Phi) is 3.65. The van der Waals surface area contributed by atoms with Crippen molar-refractivity contribution in [1.82, 2.24) is 5.43 Å². The van der Waals surface area contributed by atoms with Crippen molar-refractivity contribution in [3.05, 3.63) is 41.0 Å². The molecule has 0 aromatic heterocycles. The van der Waals surface area contributed by atoms with Crippen LogP contribution < -0.4 is 5.43 Å². The van der Waals surface area contributed by atoms with Gasteiger partial charge in [-0.2, -0.15) is 5.10 Å². The Labute approximate surface area is 118 Å². The summed E-state index contributed by atoms with van der Waals surface area (Å²) in [7, 11) is 0. The zero-order valence-corrected chi connectivity index (χ0v) is 11.6. The monoisotopic (exact) mass is 270 g/mol. The number of hydrogen-bond donors (Lipinski definition) is 1. The molecule has 2 aliphatic rings. The second-order valence-corrected chi connectivity index (χ2v) is 5.18. The highest BCUT2D eigenvalue weighted by Gasteiger charge is 2.15. The lowest BCUT2D eigenvalue weighted by Gasteiger charge is -2.17. The van der Waals surface area contributed by atoms with Crippen LogP contribution >= 0.6 is 0 Å². The van der Waals surface area contributed by atoms with E-state index in [1.165, 1.54) is 16.7 Å². The number of nitrogens with zero attached hydrogens (tertiary/aromatic N) is 1. The minimum Gasteiger partial charge on any atom is -0.377 e. The van der Waals surface area contributed by atoms with Gasteiger partial charge in [-0.15, -0.1) is 0 Å². The van der Waals surface area contributed by atoms with E-state index >= 15 is 0 Å². The maximum absolute atomic E-state index is 11.1. The average molecular weight is 270 g/mol. The van der Waals surface area contributed by atoms with E-state index in [2.05, 4.69) is 41.7 Å². The molecule has 0 saturated carbocycles. The minimum absolute atomic E-state index is 0.00514. The molecule has 0 aliphatic carbocycles. The third-order valence-corrected chi connectivity index (χ3v) is 3.77. The molecule has 20 heavy (non-hydrogen) atoms. The number of aryl methyl sites for hydroxylation is 1. The van der Waals surface area contributed by atoms with E-state index in [-0.39, 0.29) is 5.91 Å². The fourth-order valence-corrected chi connectivity index (χ4v) is 2.66. The molecular weight excluding hydrogens is 252 g/mol. The summed E-state index contributed by atoms with van der Waals surface area (Å²) in [5, 5.41) is 4.15. The Morgan fingerprint density at radius 1 is 1.25 bits per heavy atom. The third kappa shape index (κ3) is 2.65. The van der Waals surface area contributed by atoms with Gasteiger partial charge in [-0.05, 0) is 41.7 Å². The van der Waals surface area contributed by atoms with Crippen LogP contribution in [-0.4, -0.2) is 24.8 Å². The molecule has 1 aromatic carbocycles. The molecule has 0 saturated heterocycles. The summed E-state index contributed by atoms with van der Waals surface area (Å²) in [6.07, 6.45) is 4.35. The van der Waals surface area contributed by atoms with Crippen molar-refractivity contribution in [3.63, 3.8) is 0 Å². The zero-order valence-electron chi connectivity index (χ0n) is 11.6. The molecule has 2 heterocycles. The van der Waals surface area contributed by atoms with Gasteiger partial charge in [0.25, 0.3) is 0 Å². The van der Waals surface area contributed by atoms with Gasteiger partial charge in [0.1, 0.15) is 0 Å². The molecule has 2 aliphatic heterocycles. The molecule has 0 spiro atoms. The van der Waals surface area contributed by atoms with Crippen LogP contribution in [0, 0.1) is 6.92 Å². The van der Waals surface area contributed by atoms with Gasteiger partial charge >= 0.3 is 0 Å². The molecule has 1 aromatic rings. The standard InChI is InChI=1S/C16H18N2O2/c1-11-10-13(15-4-5-16(19)18-17-15)2-3-14(11)12-6-8-20-9-7-12/h2-3,6,10H,4-5,7-9H2,1H3,(H,18,19). The molecule has 104 valence electrons. The number of nitrogens with one attached hydrogen (secondary N) is 1. The Bertz CT molecular complexity index is 602. The Morgan fingerprint density at radius 3 is 2.80 bits per heavy atom. The van der Waals surface area contributed by atoms with Gasteiger partial charge < -0.3 is 4.74 Å². The second kappa shape index (κ2) is 5.59. The van der Waals surface area contributed by atoms with E-state index in [9.17, 15) is 4.79 Å². The van der Waals surface area contributed by atoms with Crippen LogP contribution in [-0.2, 0) is 9.53 Å². The average Bonchev–Trinajstić information content (AvgIpc) is 2.49. The quantitative estimate of drug-likeness (QED) is 0.897. The van der Waals surface area contributed by atoms with E-state index in [4.69, 9.17) is 4.74 Å². The topological polar surface area (TPSA) is 50.7 Å². The Hall–Kier alpha value is -1.94. The molecule has 0 bridgehead atoms. The number of carbonyl (C=O) groups excluding carboxylic acids is 1. The first kappa shape index (κ1) is 13.1. The highest BCUT2D eigenvalue weighted by atomic mass is 16.5. The Morgan fingerprint density at radius 2 is 2.15 bits per heavy atom. The van der Waals surface area contributed by atoms with Crippen LogP contribution in [0.4, 0.5) is 0 Å².